The molecule has 0 spiro atoms. The maximum absolute atomic E-state index is 13.6. The molecular weight excluding hydrogens is 303 g/mol. The number of hydrogen-bond acceptors (Lipinski definition) is 2. The molecule has 0 N–H and O–H groups in total. The lowest BCUT2D eigenvalue weighted by atomic mass is 9.83. The van der Waals surface area contributed by atoms with Gasteiger partial charge in [-0.05, 0) is 23.0 Å². The molecule has 126 valence electrons. The van der Waals surface area contributed by atoms with E-state index < -0.39 is 17.3 Å². The fraction of sp³-hybridized carbons (Fsp3) is 0.500. The van der Waals surface area contributed by atoms with Gasteiger partial charge >= 0.3 is 6.18 Å². The zero-order chi connectivity index (χ0) is 17.6. The molecule has 1 aromatic carbocycles. The van der Waals surface area contributed by atoms with Crippen molar-refractivity contribution in [3.63, 3.8) is 0 Å². The predicted octanol–water partition coefficient (Wildman–Crippen LogP) is 5.68. The zero-order valence-corrected chi connectivity index (χ0v) is 14.3. The Bertz CT molecular complexity index is 728. The van der Waals surface area contributed by atoms with Crippen molar-refractivity contribution in [2.75, 3.05) is 7.11 Å². The number of fused-ring (bicyclic) bond motifs is 1. The molecule has 0 unspecified atom stereocenters. The van der Waals surface area contributed by atoms with Crippen LogP contribution in [0.4, 0.5) is 13.2 Å². The quantitative estimate of drug-likeness (QED) is 0.708. The smallest absolute Gasteiger partial charge is 0.433 e. The number of nitrogens with zero attached hydrogens (tertiary/aromatic N) is 1. The molecule has 0 fully saturated rings. The number of rotatable bonds is 2. The summed E-state index contributed by atoms with van der Waals surface area (Å²) in [6, 6.07) is 5.42. The Morgan fingerprint density at radius 1 is 1.09 bits per heavy atom. The monoisotopic (exact) mass is 325 g/mol. The Balaban J connectivity index is 3.05. The van der Waals surface area contributed by atoms with Crippen molar-refractivity contribution < 1.29 is 17.9 Å². The molecule has 0 saturated carbocycles. The lowest BCUT2D eigenvalue weighted by Crippen LogP contribution is -2.23. The third-order valence-corrected chi connectivity index (χ3v) is 3.84. The number of para-hydroxylation sites is 1. The molecular formula is C18H22F3NO. The van der Waals surface area contributed by atoms with Crippen molar-refractivity contribution in [1.82, 2.24) is 4.98 Å². The molecule has 0 bridgehead atoms. The first-order valence-corrected chi connectivity index (χ1v) is 7.56. The van der Waals surface area contributed by atoms with Crippen LogP contribution in [0.3, 0.4) is 0 Å². The molecule has 23 heavy (non-hydrogen) atoms. The highest BCUT2D eigenvalue weighted by Crippen LogP contribution is 2.45. The van der Waals surface area contributed by atoms with E-state index in [-0.39, 0.29) is 17.2 Å². The number of pyridine rings is 1. The molecule has 2 nitrogen and oxygen atoms in total. The number of hydrogen-bond donors (Lipinski definition) is 0. The van der Waals surface area contributed by atoms with Crippen LogP contribution in [0.25, 0.3) is 10.9 Å². The van der Waals surface area contributed by atoms with Crippen LogP contribution in [-0.4, -0.2) is 12.1 Å². The van der Waals surface area contributed by atoms with Gasteiger partial charge < -0.3 is 4.74 Å². The van der Waals surface area contributed by atoms with E-state index in [9.17, 15) is 13.2 Å². The molecule has 2 rings (SSSR count). The van der Waals surface area contributed by atoms with Gasteiger partial charge in [0.1, 0.15) is 5.75 Å². The minimum Gasteiger partial charge on any atom is -0.496 e. The van der Waals surface area contributed by atoms with Crippen molar-refractivity contribution in [1.29, 1.82) is 0 Å². The van der Waals surface area contributed by atoms with Crippen LogP contribution in [0.5, 0.6) is 5.75 Å². The summed E-state index contributed by atoms with van der Waals surface area (Å²) < 4.78 is 46.3. The van der Waals surface area contributed by atoms with Crippen LogP contribution >= 0.6 is 0 Å². The number of halogens is 3. The summed E-state index contributed by atoms with van der Waals surface area (Å²) in [5.41, 5.74) is -0.361. The molecule has 0 saturated heterocycles. The lowest BCUT2D eigenvalue weighted by Gasteiger charge is -2.27. The Kier molecular flexibility index (Phi) is 4.35. The standard InChI is InChI=1S/C18H22F3NO/c1-10(2)11-8-7-9-12-14(11)22-16(18(19,20)21)13(15(12)23-6)17(3,4)5/h7-10H,1-6H3. The third kappa shape index (κ3) is 3.14. The molecule has 1 heterocycles. The average Bonchev–Trinajstić information content (AvgIpc) is 2.42. The van der Waals surface area contributed by atoms with Crippen LogP contribution in [0.15, 0.2) is 18.2 Å². The van der Waals surface area contributed by atoms with Crippen LogP contribution < -0.4 is 4.74 Å². The minimum atomic E-state index is -4.53. The summed E-state index contributed by atoms with van der Waals surface area (Å²) in [5, 5.41) is 0.622. The van der Waals surface area contributed by atoms with Crippen molar-refractivity contribution >= 4 is 10.9 Å². The third-order valence-electron chi connectivity index (χ3n) is 3.84. The topological polar surface area (TPSA) is 22.1 Å². The number of alkyl halides is 3. The van der Waals surface area contributed by atoms with Gasteiger partial charge in [-0.1, -0.05) is 46.8 Å². The first kappa shape index (κ1) is 17.6. The first-order valence-electron chi connectivity index (χ1n) is 7.56. The van der Waals surface area contributed by atoms with E-state index in [1.165, 1.54) is 7.11 Å². The van der Waals surface area contributed by atoms with Crippen LogP contribution in [0, 0.1) is 0 Å². The number of benzene rings is 1. The molecule has 0 atom stereocenters. The van der Waals surface area contributed by atoms with E-state index in [1.807, 2.05) is 26.0 Å². The predicted molar refractivity (Wildman–Crippen MR) is 86.1 cm³/mol. The van der Waals surface area contributed by atoms with Gasteiger partial charge in [-0.3, -0.25) is 0 Å². The van der Waals surface area contributed by atoms with Gasteiger partial charge in [0.05, 0.1) is 12.6 Å². The highest BCUT2D eigenvalue weighted by atomic mass is 19.4. The second-order valence-corrected chi connectivity index (χ2v) is 7.01. The van der Waals surface area contributed by atoms with Crippen molar-refractivity contribution in [3.8, 4) is 5.75 Å². The SMILES string of the molecule is COc1c(C(C)(C)C)c(C(F)(F)F)nc2c(C(C)C)cccc12. The number of aromatic nitrogens is 1. The Labute approximate surface area is 134 Å². The molecule has 0 amide bonds. The van der Waals surface area contributed by atoms with E-state index in [0.29, 0.717) is 10.9 Å². The Hall–Kier alpha value is -1.78. The molecule has 0 aliphatic carbocycles. The fourth-order valence-electron chi connectivity index (χ4n) is 2.86. The maximum atomic E-state index is 13.6. The summed E-state index contributed by atoms with van der Waals surface area (Å²) in [4.78, 5) is 4.04. The van der Waals surface area contributed by atoms with E-state index in [0.717, 1.165) is 5.56 Å². The zero-order valence-electron chi connectivity index (χ0n) is 14.3. The first-order chi connectivity index (χ1) is 10.5. The highest BCUT2D eigenvalue weighted by Gasteiger charge is 2.41. The number of methoxy groups -OCH3 is 1. The van der Waals surface area contributed by atoms with Gasteiger partial charge in [-0.25, -0.2) is 4.98 Å². The molecule has 0 radical (unpaired) electrons. The maximum Gasteiger partial charge on any atom is 0.433 e. The minimum absolute atomic E-state index is 0.0671. The summed E-state index contributed by atoms with van der Waals surface area (Å²) >= 11 is 0. The molecule has 2 aromatic rings. The summed E-state index contributed by atoms with van der Waals surface area (Å²) in [7, 11) is 1.41. The second kappa shape index (κ2) is 5.69. The van der Waals surface area contributed by atoms with Crippen LogP contribution in [0.1, 0.15) is 57.4 Å². The van der Waals surface area contributed by atoms with Gasteiger partial charge in [0.2, 0.25) is 0 Å². The average molecular weight is 325 g/mol. The van der Waals surface area contributed by atoms with E-state index in [2.05, 4.69) is 4.98 Å². The number of ether oxygens (including phenoxy) is 1. The van der Waals surface area contributed by atoms with Gasteiger partial charge in [0.15, 0.2) is 5.69 Å². The van der Waals surface area contributed by atoms with E-state index in [1.54, 1.807) is 26.8 Å². The summed E-state index contributed by atoms with van der Waals surface area (Å²) in [6.45, 7) is 9.08. The van der Waals surface area contributed by atoms with Crippen molar-refractivity contribution in [2.24, 2.45) is 0 Å². The molecule has 5 heteroatoms. The Morgan fingerprint density at radius 2 is 1.70 bits per heavy atom. The van der Waals surface area contributed by atoms with Crippen LogP contribution in [-0.2, 0) is 11.6 Å². The van der Waals surface area contributed by atoms with Gasteiger partial charge in [-0.2, -0.15) is 13.2 Å². The van der Waals surface area contributed by atoms with Gasteiger partial charge in [-0.15, -0.1) is 0 Å². The largest absolute Gasteiger partial charge is 0.496 e. The summed E-state index contributed by atoms with van der Waals surface area (Å²) in [5.74, 6) is 0.329. The molecule has 1 aromatic heterocycles. The van der Waals surface area contributed by atoms with Gasteiger partial charge in [0.25, 0.3) is 0 Å². The molecule has 0 aliphatic heterocycles. The second-order valence-electron chi connectivity index (χ2n) is 7.01. The van der Waals surface area contributed by atoms with Crippen LogP contribution in [0.2, 0.25) is 0 Å². The highest BCUT2D eigenvalue weighted by molar-refractivity contribution is 5.90. The molecule has 0 aliphatic rings. The summed E-state index contributed by atoms with van der Waals surface area (Å²) in [6.07, 6.45) is -4.53. The van der Waals surface area contributed by atoms with Crippen molar-refractivity contribution in [3.05, 3.63) is 35.0 Å². The van der Waals surface area contributed by atoms with E-state index >= 15 is 0 Å². The Morgan fingerprint density at radius 3 is 2.13 bits per heavy atom. The van der Waals surface area contributed by atoms with E-state index in [4.69, 9.17) is 4.74 Å². The fourth-order valence-corrected chi connectivity index (χ4v) is 2.86. The van der Waals surface area contributed by atoms with Crippen molar-refractivity contribution in [2.45, 2.75) is 52.1 Å². The van der Waals surface area contributed by atoms with Gasteiger partial charge in [0, 0.05) is 10.9 Å². The normalized spacial score (nSPS) is 13.0. The lowest BCUT2D eigenvalue weighted by molar-refractivity contribution is -0.142.